The van der Waals surface area contributed by atoms with Crippen molar-refractivity contribution in [2.75, 3.05) is 0 Å². The molecule has 0 aliphatic carbocycles. The molecule has 2 rings (SSSR count). The topological polar surface area (TPSA) is 43.1 Å². The first-order chi connectivity index (χ1) is 7.18. The lowest BCUT2D eigenvalue weighted by molar-refractivity contribution is 0.0998. The number of ketones is 1. The van der Waals surface area contributed by atoms with E-state index >= 15 is 0 Å². The Morgan fingerprint density at radius 2 is 2.13 bits per heavy atom. The molecule has 0 aliphatic rings. The largest absolute Gasteiger partial charge is 0.442 e. The number of halogens is 2. The van der Waals surface area contributed by atoms with Gasteiger partial charge in [-0.1, -0.05) is 0 Å². The highest BCUT2D eigenvalue weighted by molar-refractivity contribution is 6.06. The van der Waals surface area contributed by atoms with Crippen LogP contribution in [0.5, 0.6) is 0 Å². The van der Waals surface area contributed by atoms with Gasteiger partial charge in [-0.3, -0.25) is 4.79 Å². The Morgan fingerprint density at radius 1 is 1.33 bits per heavy atom. The van der Waals surface area contributed by atoms with Crippen LogP contribution in [0.3, 0.4) is 0 Å². The minimum absolute atomic E-state index is 0.264. The van der Waals surface area contributed by atoms with Crippen LogP contribution < -0.4 is 0 Å². The summed E-state index contributed by atoms with van der Waals surface area (Å²) >= 11 is 0. The lowest BCUT2D eigenvalue weighted by Gasteiger charge is -1.98. The molecule has 15 heavy (non-hydrogen) atoms. The molecule has 0 aliphatic heterocycles. The number of carbonyl (C=O) groups is 1. The molecule has 1 heterocycles. The highest BCUT2D eigenvalue weighted by Crippen LogP contribution is 2.13. The SMILES string of the molecule is O=C(c1ncco1)c1cc(F)ccc1F. The molecule has 3 nitrogen and oxygen atoms in total. The Balaban J connectivity index is 2.46. The number of oxazole rings is 1. The fourth-order valence-electron chi connectivity index (χ4n) is 1.12. The van der Waals surface area contributed by atoms with Crippen molar-refractivity contribution in [1.29, 1.82) is 0 Å². The Bertz CT molecular complexity index is 494. The molecule has 5 heteroatoms. The normalized spacial score (nSPS) is 10.3. The number of aromatic nitrogens is 1. The smallest absolute Gasteiger partial charge is 0.268 e. The van der Waals surface area contributed by atoms with Crippen molar-refractivity contribution in [3.63, 3.8) is 0 Å². The minimum Gasteiger partial charge on any atom is -0.442 e. The molecular weight excluding hydrogens is 204 g/mol. The summed E-state index contributed by atoms with van der Waals surface area (Å²) in [6.07, 6.45) is 2.44. The Labute approximate surface area is 83.4 Å². The number of hydrogen-bond acceptors (Lipinski definition) is 3. The van der Waals surface area contributed by atoms with Crippen LogP contribution in [-0.4, -0.2) is 10.8 Å². The van der Waals surface area contributed by atoms with Crippen LogP contribution in [0.25, 0.3) is 0 Å². The second-order valence-corrected chi connectivity index (χ2v) is 2.79. The van der Waals surface area contributed by atoms with Gasteiger partial charge in [0.05, 0.1) is 11.8 Å². The Kier molecular flexibility index (Phi) is 2.29. The zero-order valence-electron chi connectivity index (χ0n) is 7.41. The maximum atomic E-state index is 13.2. The average Bonchev–Trinajstić information content (AvgIpc) is 2.74. The summed E-state index contributed by atoms with van der Waals surface area (Å²) in [7, 11) is 0. The van der Waals surface area contributed by atoms with E-state index in [9.17, 15) is 13.6 Å². The van der Waals surface area contributed by atoms with Crippen LogP contribution in [0.2, 0.25) is 0 Å². The van der Waals surface area contributed by atoms with E-state index in [1.165, 1.54) is 12.5 Å². The highest BCUT2D eigenvalue weighted by atomic mass is 19.1. The van der Waals surface area contributed by atoms with Gasteiger partial charge in [-0.25, -0.2) is 13.8 Å². The fourth-order valence-corrected chi connectivity index (χ4v) is 1.12. The zero-order chi connectivity index (χ0) is 10.8. The van der Waals surface area contributed by atoms with Crippen molar-refractivity contribution in [3.05, 3.63) is 53.7 Å². The molecule has 1 aromatic heterocycles. The first-order valence-electron chi connectivity index (χ1n) is 4.08. The molecule has 0 saturated heterocycles. The van der Waals surface area contributed by atoms with Gasteiger partial charge in [-0.05, 0) is 18.2 Å². The van der Waals surface area contributed by atoms with E-state index in [1.54, 1.807) is 0 Å². The third-order valence-corrected chi connectivity index (χ3v) is 1.80. The van der Waals surface area contributed by atoms with Crippen LogP contribution in [0, 0.1) is 11.6 Å². The first-order valence-corrected chi connectivity index (χ1v) is 4.08. The molecule has 0 unspecified atom stereocenters. The average molecular weight is 209 g/mol. The van der Waals surface area contributed by atoms with E-state index in [4.69, 9.17) is 4.42 Å². The van der Waals surface area contributed by atoms with Gasteiger partial charge in [0, 0.05) is 0 Å². The standard InChI is InChI=1S/C10H5F2NO2/c11-6-1-2-8(12)7(5-6)9(14)10-13-3-4-15-10/h1-5H. The van der Waals surface area contributed by atoms with Gasteiger partial charge in [0.25, 0.3) is 11.7 Å². The van der Waals surface area contributed by atoms with E-state index in [1.807, 2.05) is 0 Å². The Hall–Kier alpha value is -2.04. The quantitative estimate of drug-likeness (QED) is 0.712. The third kappa shape index (κ3) is 1.76. The molecule has 0 bridgehead atoms. The van der Waals surface area contributed by atoms with E-state index < -0.39 is 23.0 Å². The lowest BCUT2D eigenvalue weighted by atomic mass is 10.1. The van der Waals surface area contributed by atoms with E-state index in [2.05, 4.69) is 4.98 Å². The van der Waals surface area contributed by atoms with Gasteiger partial charge >= 0.3 is 0 Å². The van der Waals surface area contributed by atoms with Gasteiger partial charge in [0.15, 0.2) is 0 Å². The van der Waals surface area contributed by atoms with Crippen LogP contribution in [0.15, 0.2) is 35.1 Å². The predicted octanol–water partition coefficient (Wildman–Crippen LogP) is 2.18. The molecule has 2 aromatic rings. The van der Waals surface area contributed by atoms with Gasteiger partial charge in [0.1, 0.15) is 17.9 Å². The summed E-state index contributed by atoms with van der Waals surface area (Å²) in [4.78, 5) is 15.1. The minimum atomic E-state index is -0.806. The van der Waals surface area contributed by atoms with Crippen molar-refractivity contribution >= 4 is 5.78 Å². The first kappa shape index (κ1) is 9.51. The van der Waals surface area contributed by atoms with Crippen LogP contribution in [0.4, 0.5) is 8.78 Å². The second kappa shape index (κ2) is 3.61. The molecule has 0 atom stereocenters. The lowest BCUT2D eigenvalue weighted by Crippen LogP contribution is -2.05. The summed E-state index contributed by atoms with van der Waals surface area (Å²) in [6.45, 7) is 0. The second-order valence-electron chi connectivity index (χ2n) is 2.79. The molecule has 1 aromatic carbocycles. The van der Waals surface area contributed by atoms with Crippen LogP contribution >= 0.6 is 0 Å². The summed E-state index contributed by atoms with van der Waals surface area (Å²) in [5.41, 5.74) is -0.391. The van der Waals surface area contributed by atoms with Crippen molar-refractivity contribution in [1.82, 2.24) is 4.98 Å². The van der Waals surface area contributed by atoms with E-state index in [0.717, 1.165) is 18.2 Å². The maximum absolute atomic E-state index is 13.2. The summed E-state index contributed by atoms with van der Waals surface area (Å²) in [5.74, 6) is -2.54. The fraction of sp³-hybridized carbons (Fsp3) is 0. The van der Waals surface area contributed by atoms with Crippen molar-refractivity contribution < 1.29 is 18.0 Å². The molecule has 0 saturated carbocycles. The predicted molar refractivity (Wildman–Crippen MR) is 46.3 cm³/mol. The molecule has 0 fully saturated rings. The van der Waals surface area contributed by atoms with Crippen molar-refractivity contribution in [3.8, 4) is 0 Å². The molecular formula is C10H5F2NO2. The maximum Gasteiger partial charge on any atom is 0.268 e. The zero-order valence-corrected chi connectivity index (χ0v) is 7.41. The molecule has 0 amide bonds. The molecule has 0 radical (unpaired) electrons. The number of benzene rings is 1. The van der Waals surface area contributed by atoms with Crippen molar-refractivity contribution in [2.45, 2.75) is 0 Å². The number of hydrogen-bond donors (Lipinski definition) is 0. The van der Waals surface area contributed by atoms with Crippen LogP contribution in [0.1, 0.15) is 16.2 Å². The highest BCUT2D eigenvalue weighted by Gasteiger charge is 2.18. The Morgan fingerprint density at radius 3 is 2.80 bits per heavy atom. The summed E-state index contributed by atoms with van der Waals surface area (Å²) in [5, 5.41) is 0. The number of nitrogens with zero attached hydrogens (tertiary/aromatic N) is 1. The summed E-state index contributed by atoms with van der Waals surface area (Å²) < 4.78 is 30.6. The van der Waals surface area contributed by atoms with E-state index in [0.29, 0.717) is 0 Å². The van der Waals surface area contributed by atoms with E-state index in [-0.39, 0.29) is 5.89 Å². The summed E-state index contributed by atoms with van der Waals surface area (Å²) in [6, 6.07) is 2.62. The molecule has 76 valence electrons. The third-order valence-electron chi connectivity index (χ3n) is 1.80. The number of carbonyl (C=O) groups excluding carboxylic acids is 1. The number of rotatable bonds is 2. The molecule has 0 N–H and O–H groups in total. The van der Waals surface area contributed by atoms with Crippen LogP contribution in [-0.2, 0) is 0 Å². The van der Waals surface area contributed by atoms with Gasteiger partial charge < -0.3 is 4.42 Å². The molecule has 0 spiro atoms. The monoisotopic (exact) mass is 209 g/mol. The van der Waals surface area contributed by atoms with Gasteiger partial charge in [-0.15, -0.1) is 0 Å². The van der Waals surface area contributed by atoms with Gasteiger partial charge in [0.2, 0.25) is 0 Å². The van der Waals surface area contributed by atoms with Gasteiger partial charge in [-0.2, -0.15) is 0 Å². The van der Waals surface area contributed by atoms with Crippen molar-refractivity contribution in [2.24, 2.45) is 0 Å².